The van der Waals surface area contributed by atoms with Crippen molar-refractivity contribution in [3.63, 3.8) is 0 Å². The molecule has 1 aromatic heterocycles. The summed E-state index contributed by atoms with van der Waals surface area (Å²) in [5.74, 6) is 1.18. The molecule has 0 atom stereocenters. The van der Waals surface area contributed by atoms with E-state index < -0.39 is 10.0 Å². The number of hydrogen-bond acceptors (Lipinski definition) is 5. The summed E-state index contributed by atoms with van der Waals surface area (Å²) in [5, 5.41) is 5.19. The first-order chi connectivity index (χ1) is 13.3. The summed E-state index contributed by atoms with van der Waals surface area (Å²) in [6.45, 7) is 2.41. The van der Waals surface area contributed by atoms with Crippen LogP contribution in [-0.4, -0.2) is 31.5 Å². The Bertz CT molecular complexity index is 1110. The maximum Gasteiger partial charge on any atom is 0.240 e. The number of hydrogen-bond donors (Lipinski definition) is 2. The van der Waals surface area contributed by atoms with Gasteiger partial charge < -0.3 is 5.32 Å². The van der Waals surface area contributed by atoms with E-state index in [0.29, 0.717) is 50.6 Å². The Kier molecular flexibility index (Phi) is 6.62. The first-order valence-corrected chi connectivity index (χ1v) is 11.1. The van der Waals surface area contributed by atoms with E-state index >= 15 is 0 Å². The average molecular weight is 460 g/mol. The third kappa shape index (κ3) is 4.85. The molecule has 0 radical (unpaired) electrons. The van der Waals surface area contributed by atoms with Gasteiger partial charge in [-0.25, -0.2) is 23.1 Å². The number of halogens is 3. The number of nitrogens with zero attached hydrogens (tertiary/aromatic N) is 2. The molecule has 0 aliphatic rings. The molecule has 0 aliphatic heterocycles. The average Bonchev–Trinajstić information content (AvgIpc) is 2.65. The number of aromatic nitrogens is 2. The first kappa shape index (κ1) is 21.1. The Morgan fingerprint density at radius 1 is 0.964 bits per heavy atom. The van der Waals surface area contributed by atoms with Crippen LogP contribution in [0.5, 0.6) is 0 Å². The van der Waals surface area contributed by atoms with E-state index in [1.54, 1.807) is 12.1 Å². The molecule has 2 aromatic carbocycles. The van der Waals surface area contributed by atoms with E-state index in [2.05, 4.69) is 20.0 Å². The summed E-state index contributed by atoms with van der Waals surface area (Å²) in [4.78, 5) is 9.07. The van der Waals surface area contributed by atoms with E-state index in [-0.39, 0.29) is 11.4 Å². The lowest BCUT2D eigenvalue weighted by Gasteiger charge is -2.12. The van der Waals surface area contributed by atoms with Gasteiger partial charge in [-0.15, -0.1) is 0 Å². The maximum absolute atomic E-state index is 12.3. The Balaban J connectivity index is 1.74. The minimum absolute atomic E-state index is 0.149. The van der Waals surface area contributed by atoms with Crippen molar-refractivity contribution in [2.75, 3.05) is 18.4 Å². The monoisotopic (exact) mass is 458 g/mol. The molecule has 148 valence electrons. The molecule has 0 aliphatic carbocycles. The number of nitrogens with one attached hydrogen (secondary N) is 2. The summed E-state index contributed by atoms with van der Waals surface area (Å²) in [5.41, 5.74) is 0.599. The fraction of sp³-hybridized carbons (Fsp3) is 0.222. The number of sulfonamides is 1. The molecule has 0 saturated carbocycles. The second-order valence-corrected chi connectivity index (χ2v) is 8.95. The molecule has 3 aromatic rings. The normalized spacial score (nSPS) is 11.7. The first-order valence-electron chi connectivity index (χ1n) is 8.45. The van der Waals surface area contributed by atoms with Crippen LogP contribution in [0.1, 0.15) is 12.7 Å². The summed E-state index contributed by atoms with van der Waals surface area (Å²) in [7, 11) is -3.62. The zero-order valence-corrected chi connectivity index (χ0v) is 17.9. The van der Waals surface area contributed by atoms with Gasteiger partial charge in [0, 0.05) is 34.9 Å². The summed E-state index contributed by atoms with van der Waals surface area (Å²) < 4.78 is 27.2. The molecule has 6 nitrogen and oxygen atoms in total. The standard InChI is InChI=1S/C18H17Cl3N4O2S/c1-2-16-24-17-14(9-12(20)10-15(17)21)18(25-16)22-7-8-23-28(26,27)13-5-3-11(19)4-6-13/h3-6,9-10,23H,2,7-8H2,1H3,(H,22,24,25). The Labute approximate surface area is 178 Å². The van der Waals surface area contributed by atoms with Crippen molar-refractivity contribution < 1.29 is 8.42 Å². The molecule has 1 heterocycles. The third-order valence-electron chi connectivity index (χ3n) is 3.91. The van der Waals surface area contributed by atoms with Crippen LogP contribution in [0.4, 0.5) is 5.82 Å². The number of aryl methyl sites for hydroxylation is 1. The number of fused-ring (bicyclic) bond motifs is 1. The summed E-state index contributed by atoms with van der Waals surface area (Å²) in [6, 6.07) is 9.31. The predicted octanol–water partition coefficient (Wildman–Crippen LogP) is 4.54. The van der Waals surface area contributed by atoms with Crippen LogP contribution in [0.3, 0.4) is 0 Å². The number of rotatable bonds is 7. The number of anilines is 1. The van der Waals surface area contributed by atoms with Crippen molar-refractivity contribution in [2.24, 2.45) is 0 Å². The molecule has 0 bridgehead atoms. The lowest BCUT2D eigenvalue weighted by Crippen LogP contribution is -2.29. The van der Waals surface area contributed by atoms with E-state index in [1.807, 2.05) is 6.92 Å². The summed E-state index contributed by atoms with van der Waals surface area (Å²) >= 11 is 18.2. The fourth-order valence-electron chi connectivity index (χ4n) is 2.56. The van der Waals surface area contributed by atoms with Crippen molar-refractivity contribution in [3.05, 3.63) is 57.3 Å². The van der Waals surface area contributed by atoms with Gasteiger partial charge in [0.2, 0.25) is 10.0 Å². The van der Waals surface area contributed by atoms with Crippen molar-refractivity contribution in [1.82, 2.24) is 14.7 Å². The van der Waals surface area contributed by atoms with Crippen LogP contribution in [0, 0.1) is 0 Å². The maximum atomic E-state index is 12.3. The molecule has 10 heteroatoms. The Morgan fingerprint density at radius 3 is 2.36 bits per heavy atom. The quantitative estimate of drug-likeness (QED) is 0.507. The van der Waals surface area contributed by atoms with Crippen LogP contribution >= 0.6 is 34.8 Å². The van der Waals surface area contributed by atoms with E-state index in [4.69, 9.17) is 34.8 Å². The van der Waals surface area contributed by atoms with Gasteiger partial charge in [-0.3, -0.25) is 0 Å². The largest absolute Gasteiger partial charge is 0.368 e. The highest BCUT2D eigenvalue weighted by molar-refractivity contribution is 7.89. The van der Waals surface area contributed by atoms with Gasteiger partial charge in [-0.05, 0) is 36.4 Å². The van der Waals surface area contributed by atoms with Gasteiger partial charge in [0.05, 0.1) is 15.4 Å². The zero-order valence-electron chi connectivity index (χ0n) is 14.8. The molecule has 0 fully saturated rings. The molecule has 0 saturated heterocycles. The van der Waals surface area contributed by atoms with E-state index in [0.717, 1.165) is 0 Å². The van der Waals surface area contributed by atoms with Crippen LogP contribution in [0.25, 0.3) is 10.9 Å². The lowest BCUT2D eigenvalue weighted by molar-refractivity contribution is 0.583. The molecule has 0 spiro atoms. The van der Waals surface area contributed by atoms with Crippen LogP contribution in [-0.2, 0) is 16.4 Å². The second kappa shape index (κ2) is 8.80. The topological polar surface area (TPSA) is 84.0 Å². The molecule has 0 unspecified atom stereocenters. The van der Waals surface area contributed by atoms with E-state index in [9.17, 15) is 8.42 Å². The van der Waals surface area contributed by atoms with Gasteiger partial charge in [0.1, 0.15) is 11.6 Å². The molecular formula is C18H17Cl3N4O2S. The molecule has 3 rings (SSSR count). The van der Waals surface area contributed by atoms with Gasteiger partial charge in [-0.1, -0.05) is 41.7 Å². The van der Waals surface area contributed by atoms with Gasteiger partial charge in [0.15, 0.2) is 0 Å². The lowest BCUT2D eigenvalue weighted by atomic mass is 10.2. The zero-order chi connectivity index (χ0) is 20.3. The third-order valence-corrected chi connectivity index (χ3v) is 6.15. The van der Waals surface area contributed by atoms with Crippen LogP contribution in [0.15, 0.2) is 41.3 Å². The summed E-state index contributed by atoms with van der Waals surface area (Å²) in [6.07, 6.45) is 0.632. The van der Waals surface area contributed by atoms with Crippen molar-refractivity contribution in [3.8, 4) is 0 Å². The second-order valence-electron chi connectivity index (χ2n) is 5.90. The van der Waals surface area contributed by atoms with Gasteiger partial charge in [0.25, 0.3) is 0 Å². The van der Waals surface area contributed by atoms with Crippen molar-refractivity contribution in [1.29, 1.82) is 0 Å². The smallest absolute Gasteiger partial charge is 0.240 e. The molecule has 28 heavy (non-hydrogen) atoms. The minimum Gasteiger partial charge on any atom is -0.368 e. The Hall–Kier alpha value is -1.64. The highest BCUT2D eigenvalue weighted by atomic mass is 35.5. The van der Waals surface area contributed by atoms with Gasteiger partial charge >= 0.3 is 0 Å². The van der Waals surface area contributed by atoms with Crippen molar-refractivity contribution >= 4 is 61.5 Å². The minimum atomic E-state index is -3.62. The van der Waals surface area contributed by atoms with Gasteiger partial charge in [-0.2, -0.15) is 0 Å². The van der Waals surface area contributed by atoms with Crippen molar-refractivity contribution in [2.45, 2.75) is 18.2 Å². The Morgan fingerprint density at radius 2 is 1.68 bits per heavy atom. The van der Waals surface area contributed by atoms with E-state index in [1.165, 1.54) is 24.3 Å². The predicted molar refractivity (Wildman–Crippen MR) is 114 cm³/mol. The molecule has 0 amide bonds. The van der Waals surface area contributed by atoms with Crippen LogP contribution < -0.4 is 10.0 Å². The molecule has 2 N–H and O–H groups in total. The molecular weight excluding hydrogens is 443 g/mol. The fourth-order valence-corrected chi connectivity index (χ4v) is 4.25. The SMILES string of the molecule is CCc1nc(NCCNS(=O)(=O)c2ccc(Cl)cc2)c2cc(Cl)cc(Cl)c2n1. The van der Waals surface area contributed by atoms with Crippen LogP contribution in [0.2, 0.25) is 15.1 Å². The highest BCUT2D eigenvalue weighted by Gasteiger charge is 2.14. The highest BCUT2D eigenvalue weighted by Crippen LogP contribution is 2.30. The number of benzene rings is 2.